The fourth-order valence-electron chi connectivity index (χ4n) is 2.10. The highest BCUT2D eigenvalue weighted by Crippen LogP contribution is 2.24. The van der Waals surface area contributed by atoms with Crippen LogP contribution in [0.2, 0.25) is 0 Å². The minimum absolute atomic E-state index is 0.282. The Morgan fingerprint density at radius 1 is 1.31 bits per heavy atom. The zero-order chi connectivity index (χ0) is 12.1. The lowest BCUT2D eigenvalue weighted by atomic mass is 9.88. The van der Waals surface area contributed by atoms with Crippen LogP contribution in [-0.4, -0.2) is 11.2 Å². The minimum atomic E-state index is -0.282. The molecule has 16 heavy (non-hydrogen) atoms. The Morgan fingerprint density at radius 3 is 2.62 bits per heavy atom. The summed E-state index contributed by atoms with van der Waals surface area (Å²) in [5.74, 6) is 1.54. The van der Waals surface area contributed by atoms with E-state index in [1.165, 1.54) is 12.0 Å². The van der Waals surface area contributed by atoms with Crippen LogP contribution in [0.25, 0.3) is 0 Å². The molecule has 1 N–H and O–H groups in total. The van der Waals surface area contributed by atoms with Crippen molar-refractivity contribution >= 4 is 0 Å². The molecule has 3 atom stereocenters. The molecule has 0 aromatic heterocycles. The Morgan fingerprint density at radius 2 is 2.00 bits per heavy atom. The summed E-state index contributed by atoms with van der Waals surface area (Å²) in [5, 5.41) is 10.1. The molecule has 0 saturated heterocycles. The lowest BCUT2D eigenvalue weighted by molar-refractivity contribution is 0.161. The maximum absolute atomic E-state index is 10.1. The molecule has 3 unspecified atom stereocenters. The summed E-state index contributed by atoms with van der Waals surface area (Å²) in [5.41, 5.74) is 1.42. The van der Waals surface area contributed by atoms with Gasteiger partial charge in [-0.1, -0.05) is 51.5 Å². The molecule has 1 aliphatic carbocycles. The molecule has 92 valence electrons. The third kappa shape index (κ3) is 4.13. The Hall–Kier alpha value is -0.560. The highest BCUT2D eigenvalue weighted by molar-refractivity contribution is 5.10. The smallest absolute Gasteiger partial charge is 0.0752 e. The van der Waals surface area contributed by atoms with Crippen molar-refractivity contribution in [2.75, 3.05) is 0 Å². The van der Waals surface area contributed by atoms with Crippen molar-refractivity contribution in [3.8, 4) is 0 Å². The molecule has 0 aromatic rings. The molecule has 1 rings (SSSR count). The van der Waals surface area contributed by atoms with Crippen LogP contribution in [0.4, 0.5) is 0 Å². The van der Waals surface area contributed by atoms with E-state index < -0.39 is 0 Å². The van der Waals surface area contributed by atoms with E-state index in [1.807, 2.05) is 0 Å². The fourth-order valence-corrected chi connectivity index (χ4v) is 2.10. The lowest BCUT2D eigenvalue weighted by Gasteiger charge is -2.20. The molecule has 0 fully saturated rings. The Balaban J connectivity index is 2.80. The minimum Gasteiger partial charge on any atom is -0.389 e. The molecule has 0 radical (unpaired) electrons. The zero-order valence-electron chi connectivity index (χ0n) is 11.1. The summed E-state index contributed by atoms with van der Waals surface area (Å²) < 4.78 is 0. The molecule has 1 nitrogen and oxygen atoms in total. The first kappa shape index (κ1) is 13.5. The first-order valence-electron chi connectivity index (χ1n) is 6.56. The first-order valence-corrected chi connectivity index (χ1v) is 6.56. The maximum atomic E-state index is 10.1. The van der Waals surface area contributed by atoms with E-state index in [0.717, 1.165) is 12.8 Å². The predicted molar refractivity (Wildman–Crippen MR) is 70.2 cm³/mol. The first-order chi connectivity index (χ1) is 7.50. The third-order valence-corrected chi connectivity index (χ3v) is 3.57. The summed E-state index contributed by atoms with van der Waals surface area (Å²) >= 11 is 0. The van der Waals surface area contributed by atoms with Gasteiger partial charge >= 0.3 is 0 Å². The highest BCUT2D eigenvalue weighted by Gasteiger charge is 2.15. The van der Waals surface area contributed by atoms with Gasteiger partial charge in [0.2, 0.25) is 0 Å². The topological polar surface area (TPSA) is 20.2 Å². The van der Waals surface area contributed by atoms with Gasteiger partial charge in [0.05, 0.1) is 6.10 Å². The SMILES string of the molecule is CC1/C=C\CC(C)C(O)/C=C(/C(C)C)CC1. The Bertz CT molecular complexity index is 263. The zero-order valence-corrected chi connectivity index (χ0v) is 11.1. The van der Waals surface area contributed by atoms with Gasteiger partial charge in [-0.15, -0.1) is 0 Å². The average Bonchev–Trinajstić information content (AvgIpc) is 2.22. The summed E-state index contributed by atoms with van der Waals surface area (Å²) in [7, 11) is 0. The number of hydrogen-bond donors (Lipinski definition) is 1. The highest BCUT2D eigenvalue weighted by atomic mass is 16.3. The van der Waals surface area contributed by atoms with Crippen molar-refractivity contribution in [2.24, 2.45) is 17.8 Å². The molecule has 0 bridgehead atoms. The monoisotopic (exact) mass is 222 g/mol. The van der Waals surface area contributed by atoms with Crippen molar-refractivity contribution in [1.29, 1.82) is 0 Å². The van der Waals surface area contributed by atoms with Crippen molar-refractivity contribution < 1.29 is 5.11 Å². The van der Waals surface area contributed by atoms with Gasteiger partial charge in [0.25, 0.3) is 0 Å². The second-order valence-electron chi connectivity index (χ2n) is 5.54. The Kier molecular flexibility index (Phi) is 5.27. The number of aliphatic hydroxyl groups is 1. The summed E-state index contributed by atoms with van der Waals surface area (Å²) in [4.78, 5) is 0. The van der Waals surface area contributed by atoms with E-state index in [9.17, 15) is 5.11 Å². The largest absolute Gasteiger partial charge is 0.389 e. The molecular weight excluding hydrogens is 196 g/mol. The van der Waals surface area contributed by atoms with E-state index in [0.29, 0.717) is 17.8 Å². The van der Waals surface area contributed by atoms with Crippen LogP contribution < -0.4 is 0 Å². The van der Waals surface area contributed by atoms with Crippen molar-refractivity contribution in [1.82, 2.24) is 0 Å². The molecule has 0 aromatic carbocycles. The van der Waals surface area contributed by atoms with Gasteiger partial charge in [-0.3, -0.25) is 0 Å². The normalized spacial score (nSPS) is 37.9. The number of allylic oxidation sites excluding steroid dienone is 3. The quantitative estimate of drug-likeness (QED) is 0.666. The standard InChI is InChI=1S/C15H26O/c1-11(2)14-9-8-12(3)6-5-7-13(4)15(16)10-14/h5-6,10-13,15-16H,7-9H2,1-4H3/b6-5-,14-10+. The number of rotatable bonds is 1. The second kappa shape index (κ2) is 6.24. The lowest BCUT2D eigenvalue weighted by Crippen LogP contribution is -2.16. The van der Waals surface area contributed by atoms with E-state index in [2.05, 4.69) is 45.9 Å². The van der Waals surface area contributed by atoms with Crippen LogP contribution in [-0.2, 0) is 0 Å². The van der Waals surface area contributed by atoms with E-state index in [4.69, 9.17) is 0 Å². The van der Waals surface area contributed by atoms with E-state index in [1.54, 1.807) is 0 Å². The van der Waals surface area contributed by atoms with Crippen LogP contribution in [0.5, 0.6) is 0 Å². The van der Waals surface area contributed by atoms with Gasteiger partial charge in [-0.05, 0) is 37.0 Å². The molecule has 0 spiro atoms. The van der Waals surface area contributed by atoms with Crippen LogP contribution in [0.15, 0.2) is 23.8 Å². The molecule has 0 saturated carbocycles. The van der Waals surface area contributed by atoms with Gasteiger partial charge in [0, 0.05) is 0 Å². The Labute approximate surface area is 100 Å². The molecule has 0 amide bonds. The number of hydrogen-bond acceptors (Lipinski definition) is 1. The van der Waals surface area contributed by atoms with Gasteiger partial charge in [-0.25, -0.2) is 0 Å². The summed E-state index contributed by atoms with van der Waals surface area (Å²) in [6.07, 6.45) is 9.64. The molecule has 1 aliphatic rings. The third-order valence-electron chi connectivity index (χ3n) is 3.57. The van der Waals surface area contributed by atoms with E-state index >= 15 is 0 Å². The number of aliphatic hydroxyl groups excluding tert-OH is 1. The molecular formula is C15H26O. The van der Waals surface area contributed by atoms with E-state index in [-0.39, 0.29) is 6.10 Å². The second-order valence-corrected chi connectivity index (χ2v) is 5.54. The fraction of sp³-hybridized carbons (Fsp3) is 0.733. The summed E-state index contributed by atoms with van der Waals surface area (Å²) in [6.45, 7) is 8.83. The average molecular weight is 222 g/mol. The van der Waals surface area contributed by atoms with Crippen LogP contribution in [0.1, 0.15) is 47.0 Å². The van der Waals surface area contributed by atoms with Gasteiger partial charge < -0.3 is 5.11 Å². The van der Waals surface area contributed by atoms with Crippen LogP contribution in [0.3, 0.4) is 0 Å². The van der Waals surface area contributed by atoms with Crippen LogP contribution >= 0.6 is 0 Å². The molecule has 0 aliphatic heterocycles. The van der Waals surface area contributed by atoms with Crippen LogP contribution in [0, 0.1) is 17.8 Å². The summed E-state index contributed by atoms with van der Waals surface area (Å²) in [6, 6.07) is 0. The van der Waals surface area contributed by atoms with Gasteiger partial charge in [-0.2, -0.15) is 0 Å². The predicted octanol–water partition coefficient (Wildman–Crippen LogP) is 3.94. The van der Waals surface area contributed by atoms with Gasteiger partial charge in [0.1, 0.15) is 0 Å². The molecule has 0 heterocycles. The van der Waals surface area contributed by atoms with Crippen molar-refractivity contribution in [2.45, 2.75) is 53.1 Å². The van der Waals surface area contributed by atoms with Crippen molar-refractivity contribution in [3.05, 3.63) is 23.8 Å². The molecule has 1 heteroatoms. The maximum Gasteiger partial charge on any atom is 0.0752 e. The van der Waals surface area contributed by atoms with Crippen molar-refractivity contribution in [3.63, 3.8) is 0 Å². The van der Waals surface area contributed by atoms with Gasteiger partial charge in [0.15, 0.2) is 0 Å².